The van der Waals surface area contributed by atoms with Gasteiger partial charge in [0.15, 0.2) is 5.69 Å². The van der Waals surface area contributed by atoms with Crippen molar-refractivity contribution < 1.29 is 37.0 Å². The van der Waals surface area contributed by atoms with Gasteiger partial charge in [0.1, 0.15) is 16.4 Å². The highest BCUT2D eigenvalue weighted by Gasteiger charge is 2.38. The first-order valence-corrected chi connectivity index (χ1v) is 10.7. The standard InChI is InChI=1S/C20H22F3N3O5S/c1-4-7-31-18(28)15-10(2)16(19(29)30-3)32-17(15)24-14(27)9-26-12(11-5-6-11)8-13(25-26)20(21,22)23/h8,11H,4-7,9H2,1-3H3,(H,24,27). The van der Waals surface area contributed by atoms with Crippen molar-refractivity contribution in [1.82, 2.24) is 9.78 Å². The Morgan fingerprint density at radius 3 is 2.53 bits per heavy atom. The second-order valence-corrected chi connectivity index (χ2v) is 8.34. The van der Waals surface area contributed by atoms with Crippen LogP contribution in [0, 0.1) is 6.92 Å². The molecule has 2 heterocycles. The third-order valence-electron chi connectivity index (χ3n) is 4.80. The fourth-order valence-electron chi connectivity index (χ4n) is 3.11. The largest absolute Gasteiger partial charge is 0.465 e. The van der Waals surface area contributed by atoms with Crippen molar-refractivity contribution in [2.45, 2.75) is 51.7 Å². The molecule has 0 unspecified atom stereocenters. The van der Waals surface area contributed by atoms with E-state index in [1.54, 1.807) is 0 Å². The van der Waals surface area contributed by atoms with E-state index >= 15 is 0 Å². The molecule has 2 aromatic rings. The Kier molecular flexibility index (Phi) is 6.91. The van der Waals surface area contributed by atoms with Gasteiger partial charge in [0.2, 0.25) is 5.91 Å². The minimum atomic E-state index is -4.62. The van der Waals surface area contributed by atoms with Gasteiger partial charge in [-0.3, -0.25) is 9.48 Å². The van der Waals surface area contributed by atoms with Gasteiger partial charge in [0.05, 0.1) is 19.3 Å². The van der Waals surface area contributed by atoms with Crippen molar-refractivity contribution in [3.8, 4) is 0 Å². The molecule has 1 aliphatic carbocycles. The van der Waals surface area contributed by atoms with Crippen LogP contribution in [0.2, 0.25) is 0 Å². The molecule has 3 rings (SSSR count). The summed E-state index contributed by atoms with van der Waals surface area (Å²) in [6, 6.07) is 0.961. The van der Waals surface area contributed by atoms with Crippen molar-refractivity contribution in [3.05, 3.63) is 33.5 Å². The molecular weight excluding hydrogens is 451 g/mol. The van der Waals surface area contributed by atoms with Gasteiger partial charge >= 0.3 is 18.1 Å². The predicted octanol–water partition coefficient (Wildman–Crippen LogP) is 4.14. The van der Waals surface area contributed by atoms with Crippen LogP contribution in [0.4, 0.5) is 18.2 Å². The molecule has 12 heteroatoms. The lowest BCUT2D eigenvalue weighted by molar-refractivity contribution is -0.141. The van der Waals surface area contributed by atoms with E-state index in [1.165, 1.54) is 14.0 Å². The molecule has 0 aliphatic heterocycles. The van der Waals surface area contributed by atoms with Crippen LogP contribution in [0.1, 0.15) is 69.1 Å². The molecule has 1 fully saturated rings. The van der Waals surface area contributed by atoms with Crippen LogP contribution in [0.5, 0.6) is 0 Å². The number of rotatable bonds is 8. The molecule has 0 atom stereocenters. The summed E-state index contributed by atoms with van der Waals surface area (Å²) in [4.78, 5) is 37.3. The smallest absolute Gasteiger partial charge is 0.435 e. The van der Waals surface area contributed by atoms with Crippen molar-refractivity contribution in [3.63, 3.8) is 0 Å². The van der Waals surface area contributed by atoms with Crippen LogP contribution in [-0.2, 0) is 27.0 Å². The van der Waals surface area contributed by atoms with Crippen LogP contribution in [-0.4, -0.2) is 41.3 Å². The van der Waals surface area contributed by atoms with E-state index in [2.05, 4.69) is 10.4 Å². The number of carbonyl (C=O) groups excluding carboxylic acids is 3. The Balaban J connectivity index is 1.87. The first kappa shape index (κ1) is 23.8. The molecule has 0 aromatic carbocycles. The quantitative estimate of drug-likeness (QED) is 0.579. The van der Waals surface area contributed by atoms with Crippen molar-refractivity contribution in [1.29, 1.82) is 0 Å². The lowest BCUT2D eigenvalue weighted by Gasteiger charge is -2.09. The Labute approximate surface area is 185 Å². The zero-order chi connectivity index (χ0) is 23.6. The molecule has 1 saturated carbocycles. The molecule has 2 aromatic heterocycles. The number of aromatic nitrogens is 2. The van der Waals surface area contributed by atoms with Crippen LogP contribution >= 0.6 is 11.3 Å². The Hall–Kier alpha value is -2.89. The maximum Gasteiger partial charge on any atom is 0.435 e. The molecular formula is C20H22F3N3O5S. The predicted molar refractivity (Wildman–Crippen MR) is 109 cm³/mol. The number of ether oxygens (including phenoxy) is 2. The number of halogens is 3. The first-order valence-electron chi connectivity index (χ1n) is 9.90. The normalized spacial score (nSPS) is 13.7. The number of thiophene rings is 1. The monoisotopic (exact) mass is 473 g/mol. The van der Waals surface area contributed by atoms with Crippen LogP contribution in [0.3, 0.4) is 0 Å². The average molecular weight is 473 g/mol. The molecule has 32 heavy (non-hydrogen) atoms. The molecule has 0 bridgehead atoms. The molecule has 1 aliphatic rings. The molecule has 1 N–H and O–H groups in total. The maximum absolute atomic E-state index is 13.1. The van der Waals surface area contributed by atoms with Gasteiger partial charge in [0, 0.05) is 11.6 Å². The van der Waals surface area contributed by atoms with Crippen molar-refractivity contribution in [2.24, 2.45) is 0 Å². The third-order valence-corrected chi connectivity index (χ3v) is 5.99. The van der Waals surface area contributed by atoms with E-state index in [1.807, 2.05) is 6.92 Å². The summed E-state index contributed by atoms with van der Waals surface area (Å²) in [5.74, 6) is -2.16. The van der Waals surface area contributed by atoms with Gasteiger partial charge in [0.25, 0.3) is 0 Å². The Morgan fingerprint density at radius 2 is 1.97 bits per heavy atom. The van der Waals surface area contributed by atoms with Gasteiger partial charge in [-0.15, -0.1) is 11.3 Å². The topological polar surface area (TPSA) is 99.5 Å². The number of hydrogen-bond donors (Lipinski definition) is 1. The number of hydrogen-bond acceptors (Lipinski definition) is 7. The van der Waals surface area contributed by atoms with Crippen molar-refractivity contribution >= 4 is 34.2 Å². The van der Waals surface area contributed by atoms with Crippen LogP contribution in [0.25, 0.3) is 0 Å². The molecule has 1 amide bonds. The number of alkyl halides is 3. The zero-order valence-electron chi connectivity index (χ0n) is 17.7. The average Bonchev–Trinajstić information content (AvgIpc) is 3.40. The van der Waals surface area contributed by atoms with Crippen LogP contribution in [0.15, 0.2) is 6.07 Å². The molecule has 8 nitrogen and oxygen atoms in total. The Bertz CT molecular complexity index is 1040. The minimum Gasteiger partial charge on any atom is -0.465 e. The molecule has 174 valence electrons. The van der Waals surface area contributed by atoms with Crippen molar-refractivity contribution in [2.75, 3.05) is 19.0 Å². The van der Waals surface area contributed by atoms with Gasteiger partial charge in [-0.2, -0.15) is 18.3 Å². The number of nitrogens with zero attached hydrogens (tertiary/aromatic N) is 2. The fraction of sp³-hybridized carbons (Fsp3) is 0.500. The van der Waals surface area contributed by atoms with Gasteiger partial charge in [-0.05, 0) is 37.8 Å². The highest BCUT2D eigenvalue weighted by Crippen LogP contribution is 2.42. The molecule has 0 radical (unpaired) electrons. The number of carbonyl (C=O) groups is 3. The SMILES string of the molecule is CCCOC(=O)c1c(NC(=O)Cn2nc(C(F)(F)F)cc2C2CC2)sc(C(=O)OC)c1C. The first-order chi connectivity index (χ1) is 15.1. The van der Waals surface area contributed by atoms with Crippen LogP contribution < -0.4 is 5.32 Å². The van der Waals surface area contributed by atoms with E-state index in [0.29, 0.717) is 12.1 Å². The highest BCUT2D eigenvalue weighted by atomic mass is 32.1. The van der Waals surface area contributed by atoms with E-state index in [0.717, 1.165) is 34.9 Å². The number of methoxy groups -OCH3 is 1. The lowest BCUT2D eigenvalue weighted by atomic mass is 10.1. The Morgan fingerprint density at radius 1 is 1.28 bits per heavy atom. The lowest BCUT2D eigenvalue weighted by Crippen LogP contribution is -2.22. The maximum atomic E-state index is 13.1. The number of esters is 2. The summed E-state index contributed by atoms with van der Waals surface area (Å²) in [5.41, 5.74) is -0.421. The third kappa shape index (κ3) is 5.12. The van der Waals surface area contributed by atoms with Gasteiger partial charge in [-0.1, -0.05) is 6.92 Å². The number of amides is 1. The molecule has 0 spiro atoms. The summed E-state index contributed by atoms with van der Waals surface area (Å²) < 4.78 is 50.1. The van der Waals surface area contributed by atoms with E-state index in [-0.39, 0.29) is 33.5 Å². The second kappa shape index (κ2) is 9.31. The summed E-state index contributed by atoms with van der Waals surface area (Å²) >= 11 is 0.835. The van der Waals surface area contributed by atoms with Gasteiger partial charge < -0.3 is 14.8 Å². The van der Waals surface area contributed by atoms with E-state index in [9.17, 15) is 27.6 Å². The van der Waals surface area contributed by atoms with E-state index in [4.69, 9.17) is 9.47 Å². The highest BCUT2D eigenvalue weighted by molar-refractivity contribution is 7.18. The van der Waals surface area contributed by atoms with E-state index < -0.39 is 36.3 Å². The molecule has 0 saturated heterocycles. The minimum absolute atomic E-state index is 0.0102. The summed E-state index contributed by atoms with van der Waals surface area (Å²) in [7, 11) is 1.18. The second-order valence-electron chi connectivity index (χ2n) is 7.32. The van der Waals surface area contributed by atoms with Gasteiger partial charge in [-0.25, -0.2) is 9.59 Å². The number of anilines is 1. The fourth-order valence-corrected chi connectivity index (χ4v) is 4.24. The summed E-state index contributed by atoms with van der Waals surface area (Å²) in [5, 5.41) is 6.14. The zero-order valence-corrected chi connectivity index (χ0v) is 18.5. The number of nitrogens with one attached hydrogen (secondary N) is 1. The summed E-state index contributed by atoms with van der Waals surface area (Å²) in [6.07, 6.45) is -2.59. The summed E-state index contributed by atoms with van der Waals surface area (Å²) in [6.45, 7) is 3.01.